The largest absolute Gasteiger partial charge is 0.369 e. The van der Waals surface area contributed by atoms with E-state index in [1.807, 2.05) is 17.7 Å². The highest BCUT2D eigenvalue weighted by Gasteiger charge is 2.20. The number of nitrogens with two attached hydrogens (primary N) is 1. The summed E-state index contributed by atoms with van der Waals surface area (Å²) in [6.45, 7) is 11.9. The van der Waals surface area contributed by atoms with E-state index >= 15 is 0 Å². The Kier molecular flexibility index (Phi) is 2.88. The summed E-state index contributed by atoms with van der Waals surface area (Å²) in [5.74, 6) is 1.21. The van der Waals surface area contributed by atoms with Crippen molar-refractivity contribution in [1.82, 2.24) is 9.55 Å². The molecule has 0 fully saturated rings. The lowest BCUT2D eigenvalue weighted by atomic mass is 9.82. The van der Waals surface area contributed by atoms with Crippen LogP contribution in [0.1, 0.15) is 33.4 Å². The van der Waals surface area contributed by atoms with Gasteiger partial charge in [0.25, 0.3) is 0 Å². The Morgan fingerprint density at radius 3 is 2.43 bits per heavy atom. The number of rotatable bonds is 2. The maximum atomic E-state index is 5.78. The van der Waals surface area contributed by atoms with E-state index in [0.717, 1.165) is 12.2 Å². The van der Waals surface area contributed by atoms with E-state index in [-0.39, 0.29) is 0 Å². The van der Waals surface area contributed by atoms with E-state index in [1.165, 1.54) is 0 Å². The molecule has 1 rings (SSSR count). The summed E-state index contributed by atoms with van der Waals surface area (Å²) < 4.78 is 2.03. The first-order chi connectivity index (χ1) is 6.30. The first-order valence-electron chi connectivity index (χ1n) is 5.10. The lowest BCUT2D eigenvalue weighted by Crippen LogP contribution is -2.22. The predicted molar refractivity (Wildman–Crippen MR) is 60.0 cm³/mol. The van der Waals surface area contributed by atoms with Gasteiger partial charge >= 0.3 is 0 Å². The molecule has 80 valence electrons. The van der Waals surface area contributed by atoms with E-state index in [0.29, 0.717) is 17.3 Å². The zero-order valence-electron chi connectivity index (χ0n) is 9.83. The highest BCUT2D eigenvalue weighted by molar-refractivity contribution is 5.21. The fourth-order valence-electron chi connectivity index (χ4n) is 1.28. The molecule has 14 heavy (non-hydrogen) atoms. The van der Waals surface area contributed by atoms with Gasteiger partial charge in [0, 0.05) is 12.7 Å². The van der Waals surface area contributed by atoms with Gasteiger partial charge in [0.1, 0.15) is 0 Å². The molecule has 1 atom stereocenters. The Bertz CT molecular complexity index is 307. The Morgan fingerprint density at radius 2 is 2.07 bits per heavy atom. The number of anilines is 1. The molecule has 0 spiro atoms. The van der Waals surface area contributed by atoms with Crippen LogP contribution >= 0.6 is 0 Å². The van der Waals surface area contributed by atoms with Crippen molar-refractivity contribution in [2.45, 2.75) is 41.2 Å². The molecule has 0 aliphatic carbocycles. The second-order valence-corrected chi connectivity index (χ2v) is 5.16. The van der Waals surface area contributed by atoms with Crippen molar-refractivity contribution in [2.75, 3.05) is 5.73 Å². The Hall–Kier alpha value is -0.990. The monoisotopic (exact) mass is 195 g/mol. The molecular weight excluding hydrogens is 174 g/mol. The summed E-state index contributed by atoms with van der Waals surface area (Å²) in [6.07, 6.45) is 2.01. The molecule has 0 aliphatic rings. The molecule has 0 saturated heterocycles. The molecule has 1 aromatic heterocycles. The van der Waals surface area contributed by atoms with E-state index < -0.39 is 0 Å². The van der Waals surface area contributed by atoms with Gasteiger partial charge in [-0.05, 0) is 18.3 Å². The van der Waals surface area contributed by atoms with Crippen LogP contribution in [0.4, 0.5) is 5.95 Å². The summed E-state index contributed by atoms with van der Waals surface area (Å²) >= 11 is 0. The summed E-state index contributed by atoms with van der Waals surface area (Å²) in [4.78, 5) is 4.19. The molecular formula is C11H21N3. The van der Waals surface area contributed by atoms with Crippen molar-refractivity contribution >= 4 is 5.95 Å². The molecule has 0 amide bonds. The van der Waals surface area contributed by atoms with Crippen LogP contribution in [0.25, 0.3) is 0 Å². The number of nitrogen functional groups attached to an aromatic ring is 1. The van der Waals surface area contributed by atoms with Crippen molar-refractivity contribution < 1.29 is 0 Å². The second-order valence-electron chi connectivity index (χ2n) is 5.16. The lowest BCUT2D eigenvalue weighted by molar-refractivity contribution is 0.234. The lowest BCUT2D eigenvalue weighted by Gasteiger charge is -2.27. The summed E-state index contributed by atoms with van der Waals surface area (Å²) in [5.41, 5.74) is 7.08. The smallest absolute Gasteiger partial charge is 0.200 e. The molecule has 0 saturated carbocycles. The normalized spacial score (nSPS) is 14.4. The zero-order chi connectivity index (χ0) is 10.9. The summed E-state index contributed by atoms with van der Waals surface area (Å²) in [6, 6.07) is 0. The highest BCUT2D eigenvalue weighted by atomic mass is 15.1. The van der Waals surface area contributed by atoms with Gasteiger partial charge in [0.15, 0.2) is 5.95 Å². The van der Waals surface area contributed by atoms with Crippen LogP contribution in [0.3, 0.4) is 0 Å². The van der Waals surface area contributed by atoms with Crippen LogP contribution in [-0.2, 0) is 6.54 Å². The van der Waals surface area contributed by atoms with Gasteiger partial charge in [-0.1, -0.05) is 27.7 Å². The van der Waals surface area contributed by atoms with E-state index in [2.05, 4.69) is 32.7 Å². The molecule has 1 aromatic rings. The Labute approximate surface area is 86.3 Å². The van der Waals surface area contributed by atoms with Crippen LogP contribution in [0.15, 0.2) is 6.20 Å². The van der Waals surface area contributed by atoms with Gasteiger partial charge in [0.05, 0.1) is 5.69 Å². The number of aryl methyl sites for hydroxylation is 1. The third-order valence-electron chi connectivity index (χ3n) is 2.88. The van der Waals surface area contributed by atoms with Crippen LogP contribution in [0, 0.1) is 18.3 Å². The van der Waals surface area contributed by atoms with Gasteiger partial charge in [-0.3, -0.25) is 0 Å². The number of imidazole rings is 1. The number of nitrogens with zero attached hydrogens (tertiary/aromatic N) is 2. The van der Waals surface area contributed by atoms with Gasteiger partial charge in [-0.2, -0.15) is 0 Å². The molecule has 0 aliphatic heterocycles. The van der Waals surface area contributed by atoms with Crippen LogP contribution < -0.4 is 5.73 Å². The first kappa shape index (κ1) is 11.1. The molecule has 3 nitrogen and oxygen atoms in total. The minimum atomic E-state index is 0.310. The molecule has 1 heterocycles. The number of aromatic nitrogens is 2. The Balaban J connectivity index is 2.74. The topological polar surface area (TPSA) is 43.8 Å². The van der Waals surface area contributed by atoms with E-state index in [9.17, 15) is 0 Å². The third-order valence-corrected chi connectivity index (χ3v) is 2.88. The first-order valence-corrected chi connectivity index (χ1v) is 5.10. The number of hydrogen-bond acceptors (Lipinski definition) is 2. The standard InChI is InChI=1S/C11H21N3/c1-8(11(3,4)5)6-14-7-9(2)13-10(14)12/h7-8H,6H2,1-5H3,(H2,12,13). The summed E-state index contributed by atoms with van der Waals surface area (Å²) in [7, 11) is 0. The second kappa shape index (κ2) is 3.64. The maximum absolute atomic E-state index is 5.78. The Morgan fingerprint density at radius 1 is 1.50 bits per heavy atom. The molecule has 3 heteroatoms. The van der Waals surface area contributed by atoms with Crippen molar-refractivity contribution in [3.63, 3.8) is 0 Å². The van der Waals surface area contributed by atoms with Gasteiger partial charge < -0.3 is 10.3 Å². The van der Waals surface area contributed by atoms with Crippen LogP contribution in [0.2, 0.25) is 0 Å². The van der Waals surface area contributed by atoms with E-state index in [4.69, 9.17) is 5.73 Å². The van der Waals surface area contributed by atoms with Crippen LogP contribution in [0.5, 0.6) is 0 Å². The molecule has 2 N–H and O–H groups in total. The van der Waals surface area contributed by atoms with Gasteiger partial charge in [0.2, 0.25) is 0 Å². The molecule has 0 radical (unpaired) electrons. The van der Waals surface area contributed by atoms with Crippen molar-refractivity contribution in [3.8, 4) is 0 Å². The highest BCUT2D eigenvalue weighted by Crippen LogP contribution is 2.27. The SMILES string of the molecule is Cc1cn(CC(C)C(C)(C)C)c(N)n1. The quantitative estimate of drug-likeness (QED) is 0.787. The number of hydrogen-bond donors (Lipinski definition) is 1. The third kappa shape index (κ3) is 2.50. The van der Waals surface area contributed by atoms with Crippen molar-refractivity contribution in [1.29, 1.82) is 0 Å². The van der Waals surface area contributed by atoms with Gasteiger partial charge in [-0.15, -0.1) is 0 Å². The molecule has 1 unspecified atom stereocenters. The van der Waals surface area contributed by atoms with Crippen LogP contribution in [-0.4, -0.2) is 9.55 Å². The molecule has 0 aromatic carbocycles. The zero-order valence-corrected chi connectivity index (χ0v) is 9.83. The van der Waals surface area contributed by atoms with Crippen molar-refractivity contribution in [2.24, 2.45) is 11.3 Å². The van der Waals surface area contributed by atoms with E-state index in [1.54, 1.807) is 0 Å². The maximum Gasteiger partial charge on any atom is 0.200 e. The fourth-order valence-corrected chi connectivity index (χ4v) is 1.28. The summed E-state index contributed by atoms with van der Waals surface area (Å²) in [5, 5.41) is 0. The van der Waals surface area contributed by atoms with Crippen molar-refractivity contribution in [3.05, 3.63) is 11.9 Å². The predicted octanol–water partition coefficient (Wildman–Crippen LogP) is 2.46. The minimum absolute atomic E-state index is 0.310. The minimum Gasteiger partial charge on any atom is -0.369 e. The van der Waals surface area contributed by atoms with Gasteiger partial charge in [-0.25, -0.2) is 4.98 Å². The average molecular weight is 195 g/mol. The molecule has 0 bridgehead atoms. The average Bonchev–Trinajstić information content (AvgIpc) is 2.28. The fraction of sp³-hybridized carbons (Fsp3) is 0.727.